The molecule has 0 aliphatic carbocycles. The van der Waals surface area contributed by atoms with Gasteiger partial charge in [0.05, 0.1) is 34.2 Å². The number of nitrogens with zero attached hydrogens (tertiary/aromatic N) is 2. The van der Waals surface area contributed by atoms with Crippen molar-refractivity contribution in [3.8, 4) is 11.5 Å². The van der Waals surface area contributed by atoms with Crippen LogP contribution in [0.2, 0.25) is 5.02 Å². The fourth-order valence-corrected chi connectivity index (χ4v) is 5.46. The van der Waals surface area contributed by atoms with Crippen LogP contribution in [0.4, 0.5) is 17.1 Å². The van der Waals surface area contributed by atoms with E-state index in [1.54, 1.807) is 18.2 Å². The van der Waals surface area contributed by atoms with E-state index in [1.807, 2.05) is 62.1 Å². The standard InChI is InChI=1S/C28H26ClN3O5/c1-17-9-10-22(21(29)13-17)30-25(33)16-31-23-8-6-5-7-20(23)27(2,3)28(31)12-11-18-14-19(32(34)35)15-24(36-4)26(18)37-28/h5-15H,16H2,1-4H3,(H,30,33). The van der Waals surface area contributed by atoms with E-state index in [4.69, 9.17) is 21.1 Å². The lowest BCUT2D eigenvalue weighted by Crippen LogP contribution is -2.61. The molecule has 37 heavy (non-hydrogen) atoms. The molecule has 3 aromatic carbocycles. The Bertz CT molecular complexity index is 1470. The van der Waals surface area contributed by atoms with Crippen LogP contribution in [0.15, 0.2) is 60.7 Å². The first-order valence-corrected chi connectivity index (χ1v) is 12.1. The number of halogens is 1. The number of nitrogens with one attached hydrogen (secondary N) is 1. The van der Waals surface area contributed by atoms with Gasteiger partial charge < -0.3 is 19.7 Å². The zero-order valence-corrected chi connectivity index (χ0v) is 21.6. The second kappa shape index (κ2) is 8.81. The van der Waals surface area contributed by atoms with Crippen molar-refractivity contribution in [3.63, 3.8) is 0 Å². The first-order chi connectivity index (χ1) is 17.6. The lowest BCUT2D eigenvalue weighted by atomic mass is 9.76. The summed E-state index contributed by atoms with van der Waals surface area (Å²) < 4.78 is 12.2. The number of carbonyl (C=O) groups excluding carboxylic acids is 1. The largest absolute Gasteiger partial charge is 0.493 e. The number of aryl methyl sites for hydroxylation is 1. The van der Waals surface area contributed by atoms with Crippen LogP contribution in [-0.4, -0.2) is 30.2 Å². The Hall–Kier alpha value is -4.04. The Morgan fingerprint density at radius 2 is 1.95 bits per heavy atom. The van der Waals surface area contributed by atoms with Gasteiger partial charge in [0.25, 0.3) is 5.69 Å². The van der Waals surface area contributed by atoms with Crippen LogP contribution in [0, 0.1) is 17.0 Å². The number of nitro benzene ring substituents is 1. The summed E-state index contributed by atoms with van der Waals surface area (Å²) in [5.74, 6) is 0.357. The number of para-hydroxylation sites is 1. The van der Waals surface area contributed by atoms with Crippen LogP contribution in [0.25, 0.3) is 6.08 Å². The minimum Gasteiger partial charge on any atom is -0.493 e. The molecule has 1 atom stereocenters. The van der Waals surface area contributed by atoms with Crippen molar-refractivity contribution >= 4 is 40.6 Å². The molecule has 2 aliphatic heterocycles. The number of benzene rings is 3. The molecular weight excluding hydrogens is 494 g/mol. The molecule has 2 heterocycles. The van der Waals surface area contributed by atoms with Gasteiger partial charge in [0, 0.05) is 17.3 Å². The molecule has 0 aromatic heterocycles. The van der Waals surface area contributed by atoms with Crippen molar-refractivity contribution in [1.29, 1.82) is 0 Å². The molecule has 0 bridgehead atoms. The molecule has 1 spiro atoms. The number of ether oxygens (including phenoxy) is 2. The summed E-state index contributed by atoms with van der Waals surface area (Å²) in [6.45, 7) is 6.00. The van der Waals surface area contributed by atoms with Crippen molar-refractivity contribution in [1.82, 2.24) is 0 Å². The molecule has 9 heteroatoms. The Labute approximate surface area is 219 Å². The number of non-ortho nitro benzene ring substituents is 1. The highest BCUT2D eigenvalue weighted by atomic mass is 35.5. The Kier molecular flexibility index (Phi) is 5.87. The maximum absolute atomic E-state index is 13.3. The maximum Gasteiger partial charge on any atom is 0.274 e. The van der Waals surface area contributed by atoms with Gasteiger partial charge >= 0.3 is 0 Å². The van der Waals surface area contributed by atoms with Gasteiger partial charge in [-0.1, -0.05) is 35.9 Å². The normalized spacial score (nSPS) is 18.7. The fourth-order valence-electron chi connectivity index (χ4n) is 5.18. The SMILES string of the molecule is COc1cc([N+](=O)[O-])cc2c1OC1(C=C2)N(CC(=O)Nc2ccc(C)cc2Cl)c2ccccc2C1(C)C. The summed E-state index contributed by atoms with van der Waals surface area (Å²) in [7, 11) is 1.44. The van der Waals surface area contributed by atoms with Gasteiger partial charge in [-0.2, -0.15) is 0 Å². The van der Waals surface area contributed by atoms with Crippen LogP contribution in [0.1, 0.15) is 30.5 Å². The summed E-state index contributed by atoms with van der Waals surface area (Å²) in [6.07, 6.45) is 3.66. The first-order valence-electron chi connectivity index (χ1n) is 11.8. The molecule has 0 radical (unpaired) electrons. The number of amides is 1. The number of methoxy groups -OCH3 is 1. The molecule has 5 rings (SSSR count). The molecule has 1 unspecified atom stereocenters. The van der Waals surface area contributed by atoms with Crippen LogP contribution in [0.3, 0.4) is 0 Å². The average Bonchev–Trinajstić information content (AvgIpc) is 3.03. The van der Waals surface area contributed by atoms with Crippen molar-refractivity contribution < 1.29 is 19.2 Å². The van der Waals surface area contributed by atoms with Crippen molar-refractivity contribution in [3.05, 3.63) is 92.5 Å². The number of rotatable bonds is 5. The highest BCUT2D eigenvalue weighted by Crippen LogP contribution is 2.56. The zero-order valence-electron chi connectivity index (χ0n) is 20.9. The van der Waals surface area contributed by atoms with E-state index < -0.39 is 16.1 Å². The van der Waals surface area contributed by atoms with Crippen LogP contribution >= 0.6 is 11.6 Å². The van der Waals surface area contributed by atoms with Crippen molar-refractivity contribution in [2.45, 2.75) is 31.9 Å². The third-order valence-electron chi connectivity index (χ3n) is 7.11. The van der Waals surface area contributed by atoms with Gasteiger partial charge in [0.1, 0.15) is 6.54 Å². The first kappa shape index (κ1) is 24.6. The van der Waals surface area contributed by atoms with E-state index in [-0.39, 0.29) is 23.9 Å². The van der Waals surface area contributed by atoms with Crippen LogP contribution < -0.4 is 19.7 Å². The molecule has 190 valence electrons. The van der Waals surface area contributed by atoms with Crippen molar-refractivity contribution in [2.24, 2.45) is 0 Å². The minimum absolute atomic E-state index is 0.0282. The average molecular weight is 520 g/mol. The molecule has 1 amide bonds. The Morgan fingerprint density at radius 1 is 1.19 bits per heavy atom. The summed E-state index contributed by atoms with van der Waals surface area (Å²) >= 11 is 6.36. The van der Waals surface area contributed by atoms with Gasteiger partial charge in [-0.25, -0.2) is 0 Å². The van der Waals surface area contributed by atoms with Crippen LogP contribution in [-0.2, 0) is 10.2 Å². The highest BCUT2D eigenvalue weighted by molar-refractivity contribution is 6.33. The monoisotopic (exact) mass is 519 g/mol. The van der Waals surface area contributed by atoms with Gasteiger partial charge in [-0.15, -0.1) is 0 Å². The quantitative estimate of drug-likeness (QED) is 0.323. The van der Waals surface area contributed by atoms with E-state index in [9.17, 15) is 14.9 Å². The highest BCUT2D eigenvalue weighted by Gasteiger charge is 2.59. The maximum atomic E-state index is 13.3. The van der Waals surface area contributed by atoms with Crippen LogP contribution in [0.5, 0.6) is 11.5 Å². The third-order valence-corrected chi connectivity index (χ3v) is 7.42. The van der Waals surface area contributed by atoms with Gasteiger partial charge in [0.15, 0.2) is 11.5 Å². The third kappa shape index (κ3) is 3.88. The van der Waals surface area contributed by atoms with Gasteiger partial charge in [0.2, 0.25) is 11.6 Å². The van der Waals surface area contributed by atoms with E-state index in [0.29, 0.717) is 22.0 Å². The summed E-state index contributed by atoms with van der Waals surface area (Å²) in [4.78, 5) is 26.2. The van der Waals surface area contributed by atoms with E-state index in [0.717, 1.165) is 16.8 Å². The van der Waals surface area contributed by atoms with E-state index >= 15 is 0 Å². The topological polar surface area (TPSA) is 93.9 Å². The molecule has 2 aliphatic rings. The Balaban J connectivity index is 1.58. The Morgan fingerprint density at radius 3 is 2.65 bits per heavy atom. The predicted octanol–water partition coefficient (Wildman–Crippen LogP) is 6.10. The fraction of sp³-hybridized carbons (Fsp3) is 0.250. The van der Waals surface area contributed by atoms with Gasteiger partial charge in [-0.3, -0.25) is 14.9 Å². The van der Waals surface area contributed by atoms with Crippen molar-refractivity contribution in [2.75, 3.05) is 23.9 Å². The second-order valence-electron chi connectivity index (χ2n) is 9.72. The number of fused-ring (bicyclic) bond motifs is 2. The predicted molar refractivity (Wildman–Crippen MR) is 144 cm³/mol. The molecule has 0 saturated carbocycles. The molecule has 8 nitrogen and oxygen atoms in total. The lowest BCUT2D eigenvalue weighted by molar-refractivity contribution is -0.385. The summed E-state index contributed by atoms with van der Waals surface area (Å²) in [5.41, 5.74) is 2.09. The number of carbonyl (C=O) groups is 1. The van der Waals surface area contributed by atoms with E-state index in [2.05, 4.69) is 5.32 Å². The molecule has 0 saturated heterocycles. The number of anilines is 2. The zero-order chi connectivity index (χ0) is 26.5. The number of nitro groups is 1. The second-order valence-corrected chi connectivity index (χ2v) is 10.1. The number of hydrogen-bond acceptors (Lipinski definition) is 6. The number of hydrogen-bond donors (Lipinski definition) is 1. The van der Waals surface area contributed by atoms with Gasteiger partial charge in [-0.05, 0) is 62.2 Å². The smallest absolute Gasteiger partial charge is 0.274 e. The van der Waals surface area contributed by atoms with E-state index in [1.165, 1.54) is 19.2 Å². The molecule has 1 N–H and O–H groups in total. The molecular formula is C28H26ClN3O5. The summed E-state index contributed by atoms with van der Waals surface area (Å²) in [5, 5.41) is 14.8. The summed E-state index contributed by atoms with van der Waals surface area (Å²) in [6, 6.07) is 16.1. The lowest BCUT2D eigenvalue weighted by Gasteiger charge is -2.47. The molecule has 0 fully saturated rings. The minimum atomic E-state index is -1.11. The molecule has 3 aromatic rings.